The molecular formula is C27H28FN5O. The number of nitriles is 1. The Morgan fingerprint density at radius 1 is 1.09 bits per heavy atom. The zero-order chi connectivity index (χ0) is 23.2. The summed E-state index contributed by atoms with van der Waals surface area (Å²) in [6.45, 7) is 2.81. The molecule has 0 aromatic heterocycles. The predicted octanol–water partition coefficient (Wildman–Crippen LogP) is 3.69. The molecule has 174 valence electrons. The van der Waals surface area contributed by atoms with Crippen LogP contribution >= 0.6 is 0 Å². The van der Waals surface area contributed by atoms with Gasteiger partial charge in [-0.3, -0.25) is 4.90 Å². The molecule has 6 nitrogen and oxygen atoms in total. The lowest BCUT2D eigenvalue weighted by Crippen LogP contribution is -2.47. The van der Waals surface area contributed by atoms with Gasteiger partial charge >= 0.3 is 0 Å². The molecule has 4 aliphatic rings. The van der Waals surface area contributed by atoms with Crippen LogP contribution in [0.3, 0.4) is 0 Å². The summed E-state index contributed by atoms with van der Waals surface area (Å²) in [6, 6.07) is 15.2. The van der Waals surface area contributed by atoms with Crippen LogP contribution < -0.4 is 10.2 Å². The van der Waals surface area contributed by atoms with Gasteiger partial charge in [0.2, 0.25) is 0 Å². The van der Waals surface area contributed by atoms with Gasteiger partial charge in [0.1, 0.15) is 23.5 Å². The van der Waals surface area contributed by atoms with Gasteiger partial charge in [0.25, 0.3) is 0 Å². The van der Waals surface area contributed by atoms with Gasteiger partial charge in [-0.2, -0.15) is 5.26 Å². The molecule has 0 bridgehead atoms. The van der Waals surface area contributed by atoms with E-state index in [1.54, 1.807) is 17.0 Å². The number of nitrogens with one attached hydrogen (secondary N) is 1. The first-order valence-electron chi connectivity index (χ1n) is 12.2. The molecule has 0 spiro atoms. The summed E-state index contributed by atoms with van der Waals surface area (Å²) in [6.07, 6.45) is 5.49. The Kier molecular flexibility index (Phi) is 5.35. The molecule has 6 rings (SSSR count). The number of benzene rings is 2. The van der Waals surface area contributed by atoms with Crippen molar-refractivity contribution in [3.8, 4) is 6.07 Å². The second kappa shape index (κ2) is 8.53. The Balaban J connectivity index is 1.37. The Bertz CT molecular complexity index is 1200. The Hall–Kier alpha value is -3.21. The van der Waals surface area contributed by atoms with Gasteiger partial charge in [0.05, 0.1) is 5.56 Å². The quantitative estimate of drug-likeness (QED) is 0.733. The first-order chi connectivity index (χ1) is 16.6. The maximum atomic E-state index is 14.6. The number of rotatable bonds is 4. The van der Waals surface area contributed by atoms with Crippen LogP contribution in [0.2, 0.25) is 0 Å². The van der Waals surface area contributed by atoms with E-state index in [2.05, 4.69) is 22.3 Å². The number of halogens is 1. The molecule has 7 heteroatoms. The van der Waals surface area contributed by atoms with Crippen LogP contribution in [0.1, 0.15) is 48.3 Å². The maximum absolute atomic E-state index is 14.6. The molecule has 1 aliphatic carbocycles. The van der Waals surface area contributed by atoms with Crippen LogP contribution in [0.5, 0.6) is 0 Å². The first-order valence-corrected chi connectivity index (χ1v) is 12.2. The second-order valence-electron chi connectivity index (χ2n) is 9.76. The molecular weight excluding hydrogens is 429 g/mol. The Morgan fingerprint density at radius 2 is 1.91 bits per heavy atom. The smallest absolute Gasteiger partial charge is 0.155 e. The van der Waals surface area contributed by atoms with Crippen LogP contribution in [-0.2, 0) is 0 Å². The van der Waals surface area contributed by atoms with Gasteiger partial charge in [0, 0.05) is 36.5 Å². The Labute approximate surface area is 199 Å². The highest BCUT2D eigenvalue weighted by Crippen LogP contribution is 2.41. The number of hydrogen-bond acceptors (Lipinski definition) is 6. The van der Waals surface area contributed by atoms with Crippen molar-refractivity contribution in [2.45, 2.75) is 43.9 Å². The van der Waals surface area contributed by atoms with E-state index in [1.165, 1.54) is 30.5 Å². The topological polar surface area (TPSA) is 74.9 Å². The number of fused-ring (bicyclic) bond motifs is 1. The third-order valence-electron chi connectivity index (χ3n) is 7.56. The maximum Gasteiger partial charge on any atom is 0.155 e. The highest BCUT2D eigenvalue weighted by molar-refractivity contribution is 6.11. The second-order valence-corrected chi connectivity index (χ2v) is 9.76. The standard InChI is InChI=1S/C27H28FN5O/c28-23-13-19(3-4-20(23)15-29)27-31-25(32-12-10-24-21(16-32)9-11-30-24)14-26(34)33(27)22-7-5-18(6-8-22)17-1-2-17/h3-8,13-14,17,21,24,26,30,34H,1-2,9-12,16H2. The van der Waals surface area contributed by atoms with Crippen LogP contribution in [0.4, 0.5) is 10.1 Å². The molecule has 2 aromatic carbocycles. The fourth-order valence-electron chi connectivity index (χ4n) is 5.51. The molecule has 2 saturated heterocycles. The number of likely N-dealkylation sites (tertiary alicyclic amines) is 1. The third kappa shape index (κ3) is 3.87. The highest BCUT2D eigenvalue weighted by Gasteiger charge is 2.36. The first kappa shape index (κ1) is 21.3. The molecule has 1 saturated carbocycles. The van der Waals surface area contributed by atoms with Crippen molar-refractivity contribution < 1.29 is 9.50 Å². The van der Waals surface area contributed by atoms with Crippen molar-refractivity contribution in [3.05, 3.63) is 76.9 Å². The summed E-state index contributed by atoms with van der Waals surface area (Å²) in [5.74, 6) is 1.84. The number of aliphatic imine (C=N–C) groups is 1. The van der Waals surface area contributed by atoms with Crippen LogP contribution in [0, 0.1) is 23.1 Å². The van der Waals surface area contributed by atoms with Crippen molar-refractivity contribution in [3.63, 3.8) is 0 Å². The predicted molar refractivity (Wildman–Crippen MR) is 129 cm³/mol. The summed E-state index contributed by atoms with van der Waals surface area (Å²) in [5, 5.41) is 24.0. The van der Waals surface area contributed by atoms with E-state index in [1.807, 2.05) is 18.2 Å². The fraction of sp³-hybridized carbons (Fsp3) is 0.407. The molecule has 3 atom stereocenters. The summed E-state index contributed by atoms with van der Waals surface area (Å²) in [7, 11) is 0. The lowest BCUT2D eigenvalue weighted by molar-refractivity contribution is 0.187. The minimum absolute atomic E-state index is 0.00684. The van der Waals surface area contributed by atoms with Gasteiger partial charge in [-0.25, -0.2) is 9.38 Å². The zero-order valence-corrected chi connectivity index (χ0v) is 19.0. The average molecular weight is 458 g/mol. The number of nitrogens with zero attached hydrogens (tertiary/aromatic N) is 4. The van der Waals surface area contributed by atoms with Crippen LogP contribution in [0.15, 0.2) is 59.4 Å². The largest absolute Gasteiger partial charge is 0.369 e. The van der Waals surface area contributed by atoms with Gasteiger partial charge in [-0.1, -0.05) is 12.1 Å². The number of aliphatic hydroxyl groups is 1. The number of piperidine rings is 1. The zero-order valence-electron chi connectivity index (χ0n) is 19.0. The minimum Gasteiger partial charge on any atom is -0.369 e. The van der Waals surface area contributed by atoms with Crippen molar-refractivity contribution in [2.24, 2.45) is 10.9 Å². The molecule has 34 heavy (non-hydrogen) atoms. The normalized spacial score (nSPS) is 26.6. The molecule has 0 radical (unpaired) electrons. The molecule has 3 aliphatic heterocycles. The number of amidine groups is 1. The van der Waals surface area contributed by atoms with Crippen LogP contribution in [0.25, 0.3) is 0 Å². The lowest BCUT2D eigenvalue weighted by Gasteiger charge is -2.40. The van der Waals surface area contributed by atoms with E-state index < -0.39 is 12.0 Å². The highest BCUT2D eigenvalue weighted by atomic mass is 19.1. The van der Waals surface area contributed by atoms with E-state index in [4.69, 9.17) is 10.3 Å². The van der Waals surface area contributed by atoms with E-state index in [0.29, 0.717) is 29.3 Å². The van der Waals surface area contributed by atoms with Crippen molar-refractivity contribution in [2.75, 3.05) is 24.5 Å². The van der Waals surface area contributed by atoms with Gasteiger partial charge in [0.15, 0.2) is 6.23 Å². The average Bonchev–Trinajstić information content (AvgIpc) is 3.60. The van der Waals surface area contributed by atoms with E-state index >= 15 is 0 Å². The third-order valence-corrected chi connectivity index (χ3v) is 7.56. The Morgan fingerprint density at radius 3 is 2.65 bits per heavy atom. The van der Waals surface area contributed by atoms with Crippen LogP contribution in [-0.4, -0.2) is 47.7 Å². The monoisotopic (exact) mass is 457 g/mol. The molecule has 2 N–H and O–H groups in total. The number of anilines is 1. The molecule has 2 aromatic rings. The number of hydrogen-bond donors (Lipinski definition) is 2. The van der Waals surface area contributed by atoms with Gasteiger partial charge in [-0.15, -0.1) is 0 Å². The van der Waals surface area contributed by atoms with E-state index in [0.717, 1.165) is 44.0 Å². The fourth-order valence-corrected chi connectivity index (χ4v) is 5.51. The lowest BCUT2D eigenvalue weighted by atomic mass is 9.93. The van der Waals surface area contributed by atoms with Crippen molar-refractivity contribution >= 4 is 11.5 Å². The molecule has 3 heterocycles. The number of aliphatic hydroxyl groups excluding tert-OH is 1. The van der Waals surface area contributed by atoms with Crippen molar-refractivity contribution in [1.29, 1.82) is 5.26 Å². The molecule has 0 amide bonds. The van der Waals surface area contributed by atoms with Gasteiger partial charge in [-0.05, 0) is 80.0 Å². The van der Waals surface area contributed by atoms with Gasteiger partial charge < -0.3 is 15.3 Å². The summed E-state index contributed by atoms with van der Waals surface area (Å²) in [5.41, 5.74) is 2.63. The summed E-state index contributed by atoms with van der Waals surface area (Å²) in [4.78, 5) is 8.95. The summed E-state index contributed by atoms with van der Waals surface area (Å²) < 4.78 is 14.6. The van der Waals surface area contributed by atoms with Crippen molar-refractivity contribution in [1.82, 2.24) is 10.2 Å². The van der Waals surface area contributed by atoms with E-state index in [9.17, 15) is 9.50 Å². The SMILES string of the molecule is N#Cc1ccc(C2=NC(N3CCC4NCCC4C3)=CC(O)N2c2ccc(C3CC3)cc2)cc1F. The minimum atomic E-state index is -0.938. The molecule has 3 fully saturated rings. The molecule has 3 unspecified atom stereocenters. The van der Waals surface area contributed by atoms with E-state index in [-0.39, 0.29) is 5.56 Å². The summed E-state index contributed by atoms with van der Waals surface area (Å²) >= 11 is 0.